The average Bonchev–Trinajstić information content (AvgIpc) is 2.38. The van der Waals surface area contributed by atoms with Gasteiger partial charge in [-0.05, 0) is 60.3 Å². The van der Waals surface area contributed by atoms with Gasteiger partial charge in [0.25, 0.3) is 0 Å². The number of Topliss-reactive ketones (excluding diaryl/α,β-unsaturated/α-hetero) is 1. The fourth-order valence-electron chi connectivity index (χ4n) is 6.06. The molecule has 0 heterocycles. The van der Waals surface area contributed by atoms with Crippen LogP contribution in [0, 0.1) is 28.6 Å². The van der Waals surface area contributed by atoms with Gasteiger partial charge in [-0.1, -0.05) is 46.6 Å². The van der Waals surface area contributed by atoms with Crippen molar-refractivity contribution in [2.24, 2.45) is 28.6 Å². The van der Waals surface area contributed by atoms with Crippen LogP contribution in [0.3, 0.4) is 0 Å². The van der Waals surface area contributed by atoms with Crippen LogP contribution in [0.25, 0.3) is 0 Å². The molecule has 3 aliphatic rings. The van der Waals surface area contributed by atoms with Crippen LogP contribution in [0.5, 0.6) is 0 Å². The molecule has 0 aromatic carbocycles. The molecule has 22 heavy (non-hydrogen) atoms. The zero-order chi connectivity index (χ0) is 16.3. The van der Waals surface area contributed by atoms with Gasteiger partial charge in [-0.25, -0.2) is 0 Å². The maximum atomic E-state index is 13.0. The lowest BCUT2D eigenvalue weighted by molar-refractivity contribution is -0.127. The van der Waals surface area contributed by atoms with Crippen molar-refractivity contribution in [3.05, 3.63) is 11.1 Å². The minimum absolute atomic E-state index is 0.133. The number of rotatable bonds is 1. The van der Waals surface area contributed by atoms with Crippen LogP contribution in [0.2, 0.25) is 0 Å². The predicted octanol–water partition coefficient (Wildman–Crippen LogP) is 4.52. The number of carbonyl (C=O) groups excluding carboxylic acids is 1. The van der Waals surface area contributed by atoms with Gasteiger partial charge in [-0.15, -0.1) is 0 Å². The number of ketones is 1. The first-order valence-corrected chi connectivity index (χ1v) is 9.13. The largest absolute Gasteiger partial charge is 0.392 e. The van der Waals surface area contributed by atoms with E-state index in [1.54, 1.807) is 0 Å². The Morgan fingerprint density at radius 2 is 1.86 bits per heavy atom. The van der Waals surface area contributed by atoms with Crippen molar-refractivity contribution in [1.29, 1.82) is 0 Å². The third kappa shape index (κ3) is 2.21. The van der Waals surface area contributed by atoms with Gasteiger partial charge >= 0.3 is 0 Å². The molecule has 2 nitrogen and oxygen atoms in total. The summed E-state index contributed by atoms with van der Waals surface area (Å²) in [5.74, 6) is 0.954. The van der Waals surface area contributed by atoms with E-state index in [9.17, 15) is 9.90 Å². The number of hydrogen-bond donors (Lipinski definition) is 1. The minimum atomic E-state index is -0.480. The maximum Gasteiger partial charge on any atom is 0.164 e. The second-order valence-corrected chi connectivity index (χ2v) is 9.21. The Labute approximate surface area is 135 Å². The molecule has 0 bridgehead atoms. The SMILES string of the molecule is CC(C)[C@@H]1C(=O)C2=C(C[C@@H]1O)[C@@]1(C)CCCC(C)(C)[C@@H]1CC2. The van der Waals surface area contributed by atoms with E-state index in [0.717, 1.165) is 24.8 Å². The van der Waals surface area contributed by atoms with E-state index < -0.39 is 6.10 Å². The Morgan fingerprint density at radius 3 is 2.50 bits per heavy atom. The fraction of sp³-hybridized carbons (Fsp3) is 0.850. The molecule has 0 saturated heterocycles. The van der Waals surface area contributed by atoms with Gasteiger partial charge < -0.3 is 5.11 Å². The number of aliphatic hydroxyl groups excluding tert-OH is 1. The molecule has 124 valence electrons. The summed E-state index contributed by atoms with van der Waals surface area (Å²) < 4.78 is 0. The first kappa shape index (κ1) is 16.2. The topological polar surface area (TPSA) is 37.3 Å². The van der Waals surface area contributed by atoms with Crippen LogP contribution in [-0.2, 0) is 4.79 Å². The fourth-order valence-corrected chi connectivity index (χ4v) is 6.06. The van der Waals surface area contributed by atoms with Crippen LogP contribution in [0.15, 0.2) is 11.1 Å². The second-order valence-electron chi connectivity index (χ2n) is 9.21. The lowest BCUT2D eigenvalue weighted by Gasteiger charge is -2.56. The molecule has 1 saturated carbocycles. The molecular weight excluding hydrogens is 272 g/mol. The highest BCUT2D eigenvalue weighted by molar-refractivity contribution is 5.99. The summed E-state index contributed by atoms with van der Waals surface area (Å²) in [4.78, 5) is 13.0. The number of aliphatic hydroxyl groups is 1. The smallest absolute Gasteiger partial charge is 0.164 e. The van der Waals surface area contributed by atoms with Crippen molar-refractivity contribution in [2.75, 3.05) is 0 Å². The Kier molecular flexibility index (Phi) is 3.83. The molecule has 2 heteroatoms. The summed E-state index contributed by atoms with van der Waals surface area (Å²) in [7, 11) is 0. The van der Waals surface area contributed by atoms with Gasteiger partial charge in [0.15, 0.2) is 5.78 Å². The summed E-state index contributed by atoms with van der Waals surface area (Å²) in [6.07, 6.45) is 6.06. The zero-order valence-electron chi connectivity index (χ0n) is 14.9. The van der Waals surface area contributed by atoms with Crippen LogP contribution in [0.4, 0.5) is 0 Å². The molecule has 4 atom stereocenters. The summed E-state index contributed by atoms with van der Waals surface area (Å²) in [5, 5.41) is 10.6. The van der Waals surface area contributed by atoms with Gasteiger partial charge in [-0.3, -0.25) is 4.79 Å². The lowest BCUT2D eigenvalue weighted by atomic mass is 9.48. The van der Waals surface area contributed by atoms with Gasteiger partial charge in [0.2, 0.25) is 0 Å². The van der Waals surface area contributed by atoms with E-state index in [1.807, 2.05) is 0 Å². The molecule has 0 unspecified atom stereocenters. The van der Waals surface area contributed by atoms with Crippen LogP contribution in [-0.4, -0.2) is 17.0 Å². The number of fused-ring (bicyclic) bond motifs is 2. The highest BCUT2D eigenvalue weighted by atomic mass is 16.3. The lowest BCUT2D eigenvalue weighted by Crippen LogP contribution is -2.50. The predicted molar refractivity (Wildman–Crippen MR) is 89.4 cm³/mol. The average molecular weight is 304 g/mol. The van der Waals surface area contributed by atoms with Crippen molar-refractivity contribution in [2.45, 2.75) is 79.2 Å². The van der Waals surface area contributed by atoms with Crippen LogP contribution >= 0.6 is 0 Å². The molecule has 1 N–H and O–H groups in total. The van der Waals surface area contributed by atoms with E-state index in [1.165, 1.54) is 24.8 Å². The van der Waals surface area contributed by atoms with Crippen molar-refractivity contribution in [3.63, 3.8) is 0 Å². The third-order valence-electron chi connectivity index (χ3n) is 7.11. The van der Waals surface area contributed by atoms with E-state index in [2.05, 4.69) is 34.6 Å². The standard InChI is InChI=1S/C20H32O2/c1-12(2)17-15(21)11-14-13(18(17)22)7-8-16-19(3,4)9-6-10-20(14,16)5/h12,15-17,21H,6-11H2,1-5H3/t15-,16-,17-,20+/m0/s1. The molecule has 3 aliphatic carbocycles. The molecule has 0 amide bonds. The normalized spacial score (nSPS) is 41.4. The van der Waals surface area contributed by atoms with Crippen LogP contribution in [0.1, 0.15) is 73.1 Å². The first-order valence-electron chi connectivity index (χ1n) is 9.13. The number of hydrogen-bond acceptors (Lipinski definition) is 2. The van der Waals surface area contributed by atoms with E-state index in [0.29, 0.717) is 11.3 Å². The number of allylic oxidation sites excluding steroid dienone is 1. The Bertz CT molecular complexity index is 514. The van der Waals surface area contributed by atoms with Crippen molar-refractivity contribution >= 4 is 5.78 Å². The third-order valence-corrected chi connectivity index (χ3v) is 7.11. The van der Waals surface area contributed by atoms with E-state index in [4.69, 9.17) is 0 Å². The van der Waals surface area contributed by atoms with E-state index in [-0.39, 0.29) is 23.0 Å². The highest BCUT2D eigenvalue weighted by Gasteiger charge is 2.54. The van der Waals surface area contributed by atoms with Crippen LogP contribution < -0.4 is 0 Å². The number of carbonyl (C=O) groups is 1. The van der Waals surface area contributed by atoms with Crippen molar-refractivity contribution in [3.8, 4) is 0 Å². The first-order chi connectivity index (χ1) is 10.2. The minimum Gasteiger partial charge on any atom is -0.392 e. The molecule has 0 aromatic heterocycles. The zero-order valence-corrected chi connectivity index (χ0v) is 14.9. The summed E-state index contributed by atoms with van der Waals surface area (Å²) in [6.45, 7) is 11.3. The maximum absolute atomic E-state index is 13.0. The van der Waals surface area contributed by atoms with Gasteiger partial charge in [-0.2, -0.15) is 0 Å². The van der Waals surface area contributed by atoms with Gasteiger partial charge in [0.05, 0.1) is 12.0 Å². The summed E-state index contributed by atoms with van der Waals surface area (Å²) in [6, 6.07) is 0. The molecule has 0 aromatic rings. The van der Waals surface area contributed by atoms with Gasteiger partial charge in [0, 0.05) is 0 Å². The summed E-state index contributed by atoms with van der Waals surface area (Å²) >= 11 is 0. The van der Waals surface area contributed by atoms with E-state index >= 15 is 0 Å². The molecule has 0 spiro atoms. The van der Waals surface area contributed by atoms with Gasteiger partial charge in [0.1, 0.15) is 0 Å². The Hall–Kier alpha value is -0.630. The second kappa shape index (κ2) is 5.19. The quantitative estimate of drug-likeness (QED) is 0.773. The van der Waals surface area contributed by atoms with Crippen molar-refractivity contribution < 1.29 is 9.90 Å². The molecule has 1 fully saturated rings. The Morgan fingerprint density at radius 1 is 1.18 bits per heavy atom. The highest BCUT2D eigenvalue weighted by Crippen LogP contribution is 2.61. The molecule has 3 rings (SSSR count). The monoisotopic (exact) mass is 304 g/mol. The molecular formula is C20H32O2. The molecule has 0 radical (unpaired) electrons. The summed E-state index contributed by atoms with van der Waals surface area (Å²) in [5.41, 5.74) is 2.91. The Balaban J connectivity index is 2.04. The van der Waals surface area contributed by atoms with Crippen molar-refractivity contribution in [1.82, 2.24) is 0 Å². The molecule has 0 aliphatic heterocycles.